The van der Waals surface area contributed by atoms with Gasteiger partial charge in [0.25, 0.3) is 0 Å². The van der Waals surface area contributed by atoms with Crippen molar-refractivity contribution in [3.05, 3.63) is 17.5 Å². The fourth-order valence-electron chi connectivity index (χ4n) is 2.81. The molecule has 18 heavy (non-hydrogen) atoms. The number of rotatable bonds is 4. The van der Waals surface area contributed by atoms with Crippen LogP contribution in [-0.2, 0) is 18.4 Å². The molecule has 102 valence electrons. The molecule has 1 aromatic rings. The molecule has 4 heteroatoms. The van der Waals surface area contributed by atoms with Crippen LogP contribution in [0.2, 0.25) is 0 Å². The maximum absolute atomic E-state index is 6.19. The molecule has 0 atom stereocenters. The SMILES string of the molecule is Cc1cc(COC2(CN)CCCCCC2)n(C)n1. The summed E-state index contributed by atoms with van der Waals surface area (Å²) < 4.78 is 8.09. The van der Waals surface area contributed by atoms with Gasteiger partial charge in [-0.15, -0.1) is 0 Å². The highest BCUT2D eigenvalue weighted by molar-refractivity contribution is 5.07. The average molecular weight is 251 g/mol. The summed E-state index contributed by atoms with van der Waals surface area (Å²) in [5, 5.41) is 4.35. The summed E-state index contributed by atoms with van der Waals surface area (Å²) in [6.45, 7) is 3.26. The van der Waals surface area contributed by atoms with Gasteiger partial charge in [-0.25, -0.2) is 0 Å². The van der Waals surface area contributed by atoms with Crippen molar-refractivity contribution < 1.29 is 4.74 Å². The Hall–Kier alpha value is -0.870. The summed E-state index contributed by atoms with van der Waals surface area (Å²) in [5.74, 6) is 0. The van der Waals surface area contributed by atoms with Crippen LogP contribution in [0.4, 0.5) is 0 Å². The maximum Gasteiger partial charge on any atom is 0.0892 e. The Balaban J connectivity index is 1.99. The highest BCUT2D eigenvalue weighted by atomic mass is 16.5. The zero-order valence-corrected chi connectivity index (χ0v) is 11.6. The second-order valence-corrected chi connectivity index (χ2v) is 5.49. The number of hydrogen-bond acceptors (Lipinski definition) is 3. The van der Waals surface area contributed by atoms with Crippen LogP contribution in [0.3, 0.4) is 0 Å². The molecule has 2 N–H and O–H groups in total. The Bertz CT molecular complexity index is 378. The fraction of sp³-hybridized carbons (Fsp3) is 0.786. The van der Waals surface area contributed by atoms with Crippen LogP contribution in [0.25, 0.3) is 0 Å². The van der Waals surface area contributed by atoms with E-state index in [1.807, 2.05) is 18.7 Å². The molecule has 1 aliphatic carbocycles. The number of aromatic nitrogens is 2. The van der Waals surface area contributed by atoms with E-state index in [-0.39, 0.29) is 5.60 Å². The Labute approximate surface area is 110 Å². The maximum atomic E-state index is 6.19. The molecule has 0 radical (unpaired) electrons. The molecule has 2 rings (SSSR count). The van der Waals surface area contributed by atoms with Crippen molar-refractivity contribution in [2.75, 3.05) is 6.54 Å². The summed E-state index contributed by atoms with van der Waals surface area (Å²) in [5.41, 5.74) is 8.03. The summed E-state index contributed by atoms with van der Waals surface area (Å²) in [4.78, 5) is 0. The van der Waals surface area contributed by atoms with Crippen LogP contribution < -0.4 is 5.73 Å². The smallest absolute Gasteiger partial charge is 0.0892 e. The quantitative estimate of drug-likeness (QED) is 0.835. The third kappa shape index (κ3) is 3.12. The van der Waals surface area contributed by atoms with Gasteiger partial charge >= 0.3 is 0 Å². The van der Waals surface area contributed by atoms with Crippen LogP contribution in [0.5, 0.6) is 0 Å². The van der Waals surface area contributed by atoms with E-state index in [4.69, 9.17) is 10.5 Å². The normalized spacial score (nSPS) is 19.7. The summed E-state index contributed by atoms with van der Waals surface area (Å²) in [6.07, 6.45) is 7.30. The van der Waals surface area contributed by atoms with E-state index >= 15 is 0 Å². The first-order chi connectivity index (χ1) is 8.65. The molecule has 1 aliphatic rings. The van der Waals surface area contributed by atoms with E-state index in [0.717, 1.165) is 24.2 Å². The minimum atomic E-state index is -0.103. The number of nitrogens with two attached hydrogens (primary N) is 1. The minimum absolute atomic E-state index is 0.103. The van der Waals surface area contributed by atoms with E-state index in [1.54, 1.807) is 0 Å². The Morgan fingerprint density at radius 3 is 2.50 bits per heavy atom. The van der Waals surface area contributed by atoms with Gasteiger partial charge in [-0.1, -0.05) is 25.7 Å². The molecular formula is C14H25N3O. The Morgan fingerprint density at radius 1 is 1.33 bits per heavy atom. The van der Waals surface area contributed by atoms with Crippen molar-refractivity contribution >= 4 is 0 Å². The molecule has 1 fully saturated rings. The highest BCUT2D eigenvalue weighted by Crippen LogP contribution is 2.30. The van der Waals surface area contributed by atoms with E-state index in [9.17, 15) is 0 Å². The first-order valence-corrected chi connectivity index (χ1v) is 6.99. The number of nitrogens with zero attached hydrogens (tertiary/aromatic N) is 2. The van der Waals surface area contributed by atoms with Crippen molar-refractivity contribution in [3.8, 4) is 0 Å². The van der Waals surface area contributed by atoms with Gasteiger partial charge in [0, 0.05) is 13.6 Å². The van der Waals surface area contributed by atoms with Gasteiger partial charge in [0.1, 0.15) is 0 Å². The van der Waals surface area contributed by atoms with Crippen molar-refractivity contribution in [2.24, 2.45) is 12.8 Å². The predicted octanol–water partition coefficient (Wildman–Crippen LogP) is 2.30. The molecule has 0 unspecified atom stereocenters. The summed E-state index contributed by atoms with van der Waals surface area (Å²) in [6, 6.07) is 2.08. The third-order valence-corrected chi connectivity index (χ3v) is 4.01. The standard InChI is InChI=1S/C14H25N3O/c1-12-9-13(17(2)16-12)10-18-14(11-15)7-5-3-4-6-8-14/h9H,3-8,10-11,15H2,1-2H3. The van der Waals surface area contributed by atoms with E-state index < -0.39 is 0 Å². The number of ether oxygens (including phenoxy) is 1. The van der Waals surface area contributed by atoms with E-state index in [2.05, 4.69) is 11.2 Å². The van der Waals surface area contributed by atoms with Gasteiger partial charge in [0.05, 0.1) is 23.6 Å². The lowest BCUT2D eigenvalue weighted by Gasteiger charge is -2.31. The van der Waals surface area contributed by atoms with Gasteiger partial charge in [-0.05, 0) is 25.8 Å². The zero-order chi connectivity index (χ0) is 13.0. The van der Waals surface area contributed by atoms with E-state index in [0.29, 0.717) is 13.2 Å². The average Bonchev–Trinajstić information content (AvgIpc) is 2.57. The van der Waals surface area contributed by atoms with Crippen LogP contribution in [0.15, 0.2) is 6.07 Å². The number of aryl methyl sites for hydroxylation is 2. The Morgan fingerprint density at radius 2 is 2.00 bits per heavy atom. The topological polar surface area (TPSA) is 53.1 Å². The lowest BCUT2D eigenvalue weighted by molar-refractivity contribution is -0.0623. The molecule has 0 bridgehead atoms. The molecule has 1 aromatic heterocycles. The summed E-state index contributed by atoms with van der Waals surface area (Å²) >= 11 is 0. The van der Waals surface area contributed by atoms with Crippen LogP contribution in [0.1, 0.15) is 49.9 Å². The van der Waals surface area contributed by atoms with E-state index in [1.165, 1.54) is 25.7 Å². The molecule has 1 heterocycles. The van der Waals surface area contributed by atoms with Gasteiger partial charge in [-0.3, -0.25) is 4.68 Å². The molecule has 1 saturated carbocycles. The first kappa shape index (κ1) is 13.6. The van der Waals surface area contributed by atoms with Crippen LogP contribution >= 0.6 is 0 Å². The molecule has 0 saturated heterocycles. The largest absolute Gasteiger partial charge is 0.367 e. The fourth-order valence-corrected chi connectivity index (χ4v) is 2.81. The molecule has 0 aliphatic heterocycles. The van der Waals surface area contributed by atoms with Gasteiger partial charge in [0.15, 0.2) is 0 Å². The van der Waals surface area contributed by atoms with Gasteiger partial charge < -0.3 is 10.5 Å². The van der Waals surface area contributed by atoms with Gasteiger partial charge in [0.2, 0.25) is 0 Å². The predicted molar refractivity (Wildman–Crippen MR) is 72.2 cm³/mol. The third-order valence-electron chi connectivity index (χ3n) is 4.01. The molecule has 4 nitrogen and oxygen atoms in total. The number of hydrogen-bond donors (Lipinski definition) is 1. The van der Waals surface area contributed by atoms with Crippen molar-refractivity contribution in [2.45, 2.75) is 57.7 Å². The first-order valence-electron chi connectivity index (χ1n) is 6.99. The second-order valence-electron chi connectivity index (χ2n) is 5.49. The second kappa shape index (κ2) is 5.85. The zero-order valence-electron chi connectivity index (χ0n) is 11.6. The highest BCUT2D eigenvalue weighted by Gasteiger charge is 2.30. The van der Waals surface area contributed by atoms with Crippen LogP contribution in [-0.4, -0.2) is 21.9 Å². The molecule has 0 spiro atoms. The Kier molecular flexibility index (Phi) is 4.40. The van der Waals surface area contributed by atoms with Crippen LogP contribution in [0, 0.1) is 6.92 Å². The van der Waals surface area contributed by atoms with Crippen molar-refractivity contribution in [1.82, 2.24) is 9.78 Å². The van der Waals surface area contributed by atoms with Gasteiger partial charge in [-0.2, -0.15) is 5.10 Å². The molecular weight excluding hydrogens is 226 g/mol. The monoisotopic (exact) mass is 251 g/mol. The lowest BCUT2D eigenvalue weighted by Crippen LogP contribution is -2.40. The minimum Gasteiger partial charge on any atom is -0.367 e. The van der Waals surface area contributed by atoms with Crippen molar-refractivity contribution in [3.63, 3.8) is 0 Å². The lowest BCUT2D eigenvalue weighted by atomic mass is 9.94. The molecule has 0 aromatic carbocycles. The molecule has 0 amide bonds. The summed E-state index contributed by atoms with van der Waals surface area (Å²) in [7, 11) is 1.97. The van der Waals surface area contributed by atoms with Crippen molar-refractivity contribution in [1.29, 1.82) is 0 Å².